The van der Waals surface area contributed by atoms with Crippen LogP contribution in [0.25, 0.3) is 5.69 Å². The lowest BCUT2D eigenvalue weighted by Gasteiger charge is -2.15. The summed E-state index contributed by atoms with van der Waals surface area (Å²) in [6.07, 6.45) is 0.347. The van der Waals surface area contributed by atoms with E-state index in [1.807, 2.05) is 38.1 Å². The Morgan fingerprint density at radius 3 is 2.67 bits per heavy atom. The third-order valence-corrected chi connectivity index (χ3v) is 3.97. The number of hydrogen-bond donors (Lipinski definition) is 2. The van der Waals surface area contributed by atoms with Crippen LogP contribution >= 0.6 is 15.9 Å². The number of rotatable bonds is 6. The quantitative estimate of drug-likeness (QED) is 0.784. The lowest BCUT2D eigenvalue weighted by Crippen LogP contribution is -2.42. The minimum atomic E-state index is -1.06. The van der Waals surface area contributed by atoms with E-state index in [0.29, 0.717) is 12.1 Å². The van der Waals surface area contributed by atoms with E-state index in [2.05, 4.69) is 31.6 Å². The molecular formula is C16H19BrN4O3. The Hall–Kier alpha value is -2.22. The Bertz CT molecular complexity index is 758. The monoisotopic (exact) mass is 394 g/mol. The third-order valence-electron chi connectivity index (χ3n) is 3.47. The maximum Gasteiger partial charge on any atom is 0.326 e. The fraction of sp³-hybridized carbons (Fsp3) is 0.375. The Kier molecular flexibility index (Phi) is 5.71. The molecular weight excluding hydrogens is 376 g/mol. The van der Waals surface area contributed by atoms with E-state index in [4.69, 9.17) is 0 Å². The van der Waals surface area contributed by atoms with Gasteiger partial charge in [-0.25, -0.2) is 9.48 Å². The van der Waals surface area contributed by atoms with Gasteiger partial charge in [0, 0.05) is 4.47 Å². The number of amides is 1. The molecule has 0 saturated heterocycles. The number of aromatic nitrogens is 3. The molecule has 0 spiro atoms. The van der Waals surface area contributed by atoms with Gasteiger partial charge in [0.05, 0.1) is 11.4 Å². The highest BCUT2D eigenvalue weighted by atomic mass is 79.9. The highest BCUT2D eigenvalue weighted by molar-refractivity contribution is 9.10. The Morgan fingerprint density at radius 2 is 2.08 bits per heavy atom. The van der Waals surface area contributed by atoms with Crippen molar-refractivity contribution < 1.29 is 14.7 Å². The number of carboxylic acids is 1. The van der Waals surface area contributed by atoms with Gasteiger partial charge in [-0.05, 0) is 37.5 Å². The Labute approximate surface area is 148 Å². The third kappa shape index (κ3) is 4.19. The number of carbonyl (C=O) groups is 2. The van der Waals surface area contributed by atoms with Crippen LogP contribution < -0.4 is 5.32 Å². The number of carbonyl (C=O) groups excluding carboxylic acids is 1. The van der Waals surface area contributed by atoms with Gasteiger partial charge in [0.1, 0.15) is 6.04 Å². The summed E-state index contributed by atoms with van der Waals surface area (Å²) < 4.78 is 2.42. The van der Waals surface area contributed by atoms with Gasteiger partial charge in [-0.15, -0.1) is 5.10 Å². The van der Waals surface area contributed by atoms with Crippen molar-refractivity contribution in [2.45, 2.75) is 33.2 Å². The largest absolute Gasteiger partial charge is 0.480 e. The SMILES string of the molecule is Cc1c(C(=O)NC(CC(C)C)C(=O)O)nnn1-c1cccc(Br)c1. The van der Waals surface area contributed by atoms with Crippen LogP contribution in [0.4, 0.5) is 0 Å². The maximum atomic E-state index is 12.4. The number of benzene rings is 1. The first kappa shape index (κ1) is 18.1. The molecule has 1 amide bonds. The van der Waals surface area contributed by atoms with Crippen molar-refractivity contribution in [1.29, 1.82) is 0 Å². The van der Waals surface area contributed by atoms with Crippen LogP contribution in [0.2, 0.25) is 0 Å². The molecule has 0 radical (unpaired) electrons. The molecule has 24 heavy (non-hydrogen) atoms. The number of nitrogens with one attached hydrogen (secondary N) is 1. The van der Waals surface area contributed by atoms with Crippen LogP contribution in [-0.2, 0) is 4.79 Å². The van der Waals surface area contributed by atoms with Crippen LogP contribution in [0.15, 0.2) is 28.7 Å². The second-order valence-electron chi connectivity index (χ2n) is 5.91. The van der Waals surface area contributed by atoms with Crippen molar-refractivity contribution in [1.82, 2.24) is 20.3 Å². The fourth-order valence-corrected chi connectivity index (χ4v) is 2.70. The predicted molar refractivity (Wildman–Crippen MR) is 92.1 cm³/mol. The summed E-state index contributed by atoms with van der Waals surface area (Å²) in [5.41, 5.74) is 1.41. The van der Waals surface area contributed by atoms with Crippen LogP contribution in [-0.4, -0.2) is 38.0 Å². The van der Waals surface area contributed by atoms with Crippen molar-refractivity contribution >= 4 is 27.8 Å². The van der Waals surface area contributed by atoms with E-state index in [0.717, 1.165) is 10.2 Å². The first-order valence-corrected chi connectivity index (χ1v) is 8.30. The van der Waals surface area contributed by atoms with Crippen LogP contribution in [0.5, 0.6) is 0 Å². The minimum Gasteiger partial charge on any atom is -0.480 e. The van der Waals surface area contributed by atoms with Gasteiger partial charge < -0.3 is 10.4 Å². The molecule has 8 heteroatoms. The van der Waals surface area contributed by atoms with Gasteiger partial charge >= 0.3 is 5.97 Å². The average molecular weight is 395 g/mol. The molecule has 0 aliphatic heterocycles. The van der Waals surface area contributed by atoms with Gasteiger partial charge in [0.25, 0.3) is 5.91 Å². The van der Waals surface area contributed by atoms with Crippen molar-refractivity contribution in [3.05, 3.63) is 40.1 Å². The van der Waals surface area contributed by atoms with Crippen molar-refractivity contribution in [2.24, 2.45) is 5.92 Å². The fourth-order valence-electron chi connectivity index (χ4n) is 2.31. The first-order valence-electron chi connectivity index (χ1n) is 7.51. The van der Waals surface area contributed by atoms with Crippen LogP contribution in [0.1, 0.15) is 36.5 Å². The molecule has 0 bridgehead atoms. The van der Waals surface area contributed by atoms with Crippen LogP contribution in [0.3, 0.4) is 0 Å². The number of carboxylic acid groups (broad SMARTS) is 1. The molecule has 1 aromatic carbocycles. The normalized spacial score (nSPS) is 12.2. The summed E-state index contributed by atoms with van der Waals surface area (Å²) in [5, 5.41) is 19.7. The topological polar surface area (TPSA) is 97.1 Å². The first-order chi connectivity index (χ1) is 11.3. The molecule has 0 aliphatic carbocycles. The molecule has 0 saturated carbocycles. The zero-order valence-corrected chi connectivity index (χ0v) is 15.2. The summed E-state index contributed by atoms with van der Waals surface area (Å²) in [4.78, 5) is 23.7. The lowest BCUT2D eigenvalue weighted by molar-refractivity contribution is -0.139. The van der Waals surface area contributed by atoms with Gasteiger partial charge in [0.2, 0.25) is 0 Å². The molecule has 2 aromatic rings. The van der Waals surface area contributed by atoms with Crippen molar-refractivity contribution in [3.63, 3.8) is 0 Å². The number of aliphatic carboxylic acids is 1. The molecule has 0 aliphatic rings. The molecule has 7 nitrogen and oxygen atoms in total. The molecule has 1 aromatic heterocycles. The van der Waals surface area contributed by atoms with E-state index < -0.39 is 17.9 Å². The minimum absolute atomic E-state index is 0.116. The summed E-state index contributed by atoms with van der Waals surface area (Å²) in [6, 6.07) is 6.47. The van der Waals surface area contributed by atoms with Gasteiger partial charge in [-0.1, -0.05) is 41.1 Å². The molecule has 1 heterocycles. The lowest BCUT2D eigenvalue weighted by atomic mass is 10.0. The highest BCUT2D eigenvalue weighted by Gasteiger charge is 2.25. The molecule has 0 fully saturated rings. The number of nitrogens with zero attached hydrogens (tertiary/aromatic N) is 3. The number of hydrogen-bond acceptors (Lipinski definition) is 4. The second-order valence-corrected chi connectivity index (χ2v) is 6.82. The molecule has 2 rings (SSSR count). The summed E-state index contributed by atoms with van der Waals surface area (Å²) >= 11 is 3.39. The molecule has 1 atom stereocenters. The zero-order chi connectivity index (χ0) is 17.9. The summed E-state index contributed by atoms with van der Waals surface area (Å²) in [7, 11) is 0. The van der Waals surface area contributed by atoms with E-state index in [1.165, 1.54) is 4.68 Å². The highest BCUT2D eigenvalue weighted by Crippen LogP contribution is 2.17. The summed E-state index contributed by atoms with van der Waals surface area (Å²) in [6.45, 7) is 5.52. The average Bonchev–Trinajstić information content (AvgIpc) is 2.87. The van der Waals surface area contributed by atoms with E-state index >= 15 is 0 Å². The predicted octanol–water partition coefficient (Wildman–Crippen LogP) is 2.57. The van der Waals surface area contributed by atoms with Crippen LogP contribution in [0, 0.1) is 12.8 Å². The zero-order valence-electron chi connectivity index (χ0n) is 13.7. The summed E-state index contributed by atoms with van der Waals surface area (Å²) in [5.74, 6) is -1.46. The smallest absolute Gasteiger partial charge is 0.326 e. The second kappa shape index (κ2) is 7.57. The van der Waals surface area contributed by atoms with E-state index in [-0.39, 0.29) is 11.6 Å². The molecule has 128 valence electrons. The van der Waals surface area contributed by atoms with E-state index in [1.54, 1.807) is 6.92 Å². The standard InChI is InChI=1S/C16H19BrN4O3/c1-9(2)7-13(16(23)24)18-15(22)14-10(3)21(20-19-14)12-6-4-5-11(17)8-12/h4-6,8-9,13H,7H2,1-3H3,(H,18,22)(H,23,24). The Balaban J connectivity index is 2.23. The molecule has 1 unspecified atom stereocenters. The van der Waals surface area contributed by atoms with E-state index in [9.17, 15) is 14.7 Å². The van der Waals surface area contributed by atoms with Gasteiger partial charge in [-0.2, -0.15) is 0 Å². The Morgan fingerprint density at radius 1 is 1.38 bits per heavy atom. The van der Waals surface area contributed by atoms with Crippen molar-refractivity contribution in [3.8, 4) is 5.69 Å². The van der Waals surface area contributed by atoms with Gasteiger partial charge in [0.15, 0.2) is 5.69 Å². The maximum absolute atomic E-state index is 12.4. The van der Waals surface area contributed by atoms with Gasteiger partial charge in [-0.3, -0.25) is 4.79 Å². The molecule has 2 N–H and O–H groups in total. The van der Waals surface area contributed by atoms with Crippen molar-refractivity contribution in [2.75, 3.05) is 0 Å². The number of halogens is 1.